The summed E-state index contributed by atoms with van der Waals surface area (Å²) in [6, 6.07) is 0. The van der Waals surface area contributed by atoms with E-state index in [0.717, 1.165) is 0 Å². The number of Topliss-reactive ketones (excluding diaryl/α,β-unsaturated/α-hetero) is 1. The highest BCUT2D eigenvalue weighted by molar-refractivity contribution is 5.85. The molecule has 0 heterocycles. The number of ketones is 1. The van der Waals surface area contributed by atoms with E-state index in [1.807, 2.05) is 62.3 Å². The van der Waals surface area contributed by atoms with E-state index in [2.05, 4.69) is 0 Å². The average Bonchev–Trinajstić information content (AvgIpc) is 2.23. The van der Waals surface area contributed by atoms with E-state index in [-0.39, 0.29) is 23.2 Å². The number of rotatable bonds is 4. The van der Waals surface area contributed by atoms with Crippen molar-refractivity contribution in [2.75, 3.05) is 0 Å². The predicted octanol–water partition coefficient (Wildman–Crippen LogP) is 3.85. The lowest BCUT2D eigenvalue weighted by Gasteiger charge is -2.44. The highest BCUT2D eigenvalue weighted by Gasteiger charge is 2.49. The van der Waals surface area contributed by atoms with Gasteiger partial charge in [0.1, 0.15) is 6.10 Å². The summed E-state index contributed by atoms with van der Waals surface area (Å²) in [6.45, 7) is 17.4. The smallest absolute Gasteiger partial charge is 0.165 e. The number of carbonyl (C=O) groups is 1. The van der Waals surface area contributed by atoms with E-state index >= 15 is 0 Å². The zero-order valence-electron chi connectivity index (χ0n) is 15.5. The van der Waals surface area contributed by atoms with Crippen molar-refractivity contribution in [1.29, 1.82) is 0 Å². The molecule has 1 aliphatic rings. The van der Waals surface area contributed by atoms with E-state index in [1.165, 1.54) is 0 Å². The quantitative estimate of drug-likeness (QED) is 0.582. The Kier molecular flexibility index (Phi) is 5.83. The first-order chi connectivity index (χ1) is 9.73. The van der Waals surface area contributed by atoms with Crippen LogP contribution in [0.15, 0.2) is 0 Å². The van der Waals surface area contributed by atoms with E-state index in [4.69, 9.17) is 19.6 Å². The molecule has 0 bridgehead atoms. The van der Waals surface area contributed by atoms with E-state index in [1.54, 1.807) is 0 Å². The first-order valence-electron chi connectivity index (χ1n) is 7.95. The molecular weight excluding hydrogens is 284 g/mol. The Morgan fingerprint density at radius 3 is 1.86 bits per heavy atom. The Labute approximate surface area is 134 Å². The molecule has 5 heteroatoms. The van der Waals surface area contributed by atoms with Crippen molar-refractivity contribution in [2.24, 2.45) is 11.3 Å². The Hall–Kier alpha value is -0.490. The van der Waals surface area contributed by atoms with Crippen LogP contribution in [-0.4, -0.2) is 29.2 Å². The van der Waals surface area contributed by atoms with Gasteiger partial charge >= 0.3 is 0 Å². The molecule has 1 aliphatic carbocycles. The van der Waals surface area contributed by atoms with Gasteiger partial charge in [-0.2, -0.15) is 0 Å². The number of carbonyl (C=O) groups excluding carboxylic acids is 1. The van der Waals surface area contributed by atoms with Gasteiger partial charge in [0.15, 0.2) is 11.9 Å². The SMILES string of the molecule is CC1C(OOC(C)(C)C)C(=O)CC(C)(C)C1OOC(C)(C)C. The van der Waals surface area contributed by atoms with Crippen molar-refractivity contribution in [3.05, 3.63) is 0 Å². The largest absolute Gasteiger partial charge is 0.297 e. The van der Waals surface area contributed by atoms with Crippen LogP contribution in [0, 0.1) is 11.3 Å². The van der Waals surface area contributed by atoms with Crippen LogP contribution in [0.2, 0.25) is 0 Å². The fourth-order valence-corrected chi connectivity index (χ4v) is 2.57. The van der Waals surface area contributed by atoms with Crippen LogP contribution in [0.25, 0.3) is 0 Å². The van der Waals surface area contributed by atoms with Gasteiger partial charge in [0.05, 0.1) is 11.2 Å². The molecule has 0 radical (unpaired) electrons. The van der Waals surface area contributed by atoms with Crippen LogP contribution >= 0.6 is 0 Å². The standard InChI is InChI=1S/C17H32O5/c1-11-13(19-21-15(2,3)4)12(18)10-17(8,9)14(11)20-22-16(5,6)7/h11,13-14H,10H2,1-9H3. The second kappa shape index (κ2) is 6.56. The van der Waals surface area contributed by atoms with Gasteiger partial charge in [-0.1, -0.05) is 20.8 Å². The molecule has 130 valence electrons. The van der Waals surface area contributed by atoms with Crippen LogP contribution in [0.4, 0.5) is 0 Å². The molecule has 0 aromatic heterocycles. The molecule has 0 amide bonds. The molecule has 3 unspecified atom stereocenters. The molecule has 1 fully saturated rings. The molecule has 0 spiro atoms. The summed E-state index contributed by atoms with van der Waals surface area (Å²) in [5.74, 6) is -0.127. The third-order valence-electron chi connectivity index (χ3n) is 3.48. The second-order valence-corrected chi connectivity index (χ2v) is 8.92. The molecule has 0 N–H and O–H groups in total. The lowest BCUT2D eigenvalue weighted by atomic mass is 9.68. The summed E-state index contributed by atoms with van der Waals surface area (Å²) >= 11 is 0. The minimum atomic E-state index is -0.638. The van der Waals surface area contributed by atoms with Crippen LogP contribution in [-0.2, 0) is 24.3 Å². The first kappa shape index (κ1) is 19.6. The zero-order chi connectivity index (χ0) is 17.3. The monoisotopic (exact) mass is 316 g/mol. The number of hydrogen-bond acceptors (Lipinski definition) is 5. The van der Waals surface area contributed by atoms with Gasteiger partial charge in [0, 0.05) is 17.8 Å². The molecule has 0 aromatic carbocycles. The van der Waals surface area contributed by atoms with Crippen LogP contribution < -0.4 is 0 Å². The highest BCUT2D eigenvalue weighted by atomic mass is 17.2. The zero-order valence-corrected chi connectivity index (χ0v) is 15.5. The average molecular weight is 316 g/mol. The van der Waals surface area contributed by atoms with Gasteiger partial charge in [-0.05, 0) is 41.5 Å². The summed E-state index contributed by atoms with van der Waals surface area (Å²) in [7, 11) is 0. The first-order valence-corrected chi connectivity index (χ1v) is 7.95. The molecule has 3 atom stereocenters. The summed E-state index contributed by atoms with van der Waals surface area (Å²) in [6.07, 6.45) is -0.521. The molecule has 1 saturated carbocycles. The van der Waals surface area contributed by atoms with Crippen LogP contribution in [0.1, 0.15) is 68.7 Å². The van der Waals surface area contributed by atoms with Crippen molar-refractivity contribution < 1.29 is 24.3 Å². The minimum Gasteiger partial charge on any atom is -0.297 e. The maximum Gasteiger partial charge on any atom is 0.165 e. The Morgan fingerprint density at radius 2 is 1.41 bits per heavy atom. The molecule has 0 aromatic rings. The second-order valence-electron chi connectivity index (χ2n) is 8.92. The minimum absolute atomic E-state index is 0.0392. The van der Waals surface area contributed by atoms with E-state index < -0.39 is 17.3 Å². The summed E-state index contributed by atoms with van der Waals surface area (Å²) in [5, 5.41) is 0. The van der Waals surface area contributed by atoms with Gasteiger partial charge in [0.25, 0.3) is 0 Å². The molecular formula is C17H32O5. The van der Waals surface area contributed by atoms with Crippen LogP contribution in [0.3, 0.4) is 0 Å². The van der Waals surface area contributed by atoms with Crippen molar-refractivity contribution in [3.8, 4) is 0 Å². The fraction of sp³-hybridized carbons (Fsp3) is 0.941. The van der Waals surface area contributed by atoms with Gasteiger partial charge in [-0.15, -0.1) is 0 Å². The third kappa shape index (κ3) is 5.61. The Morgan fingerprint density at radius 1 is 0.955 bits per heavy atom. The lowest BCUT2D eigenvalue weighted by molar-refractivity contribution is -0.417. The molecule has 0 saturated heterocycles. The third-order valence-corrected chi connectivity index (χ3v) is 3.48. The van der Waals surface area contributed by atoms with Gasteiger partial charge in [-0.3, -0.25) is 4.79 Å². The molecule has 0 aliphatic heterocycles. The van der Waals surface area contributed by atoms with E-state index in [0.29, 0.717) is 6.42 Å². The number of hydrogen-bond donors (Lipinski definition) is 0. The van der Waals surface area contributed by atoms with Crippen molar-refractivity contribution in [2.45, 2.75) is 92.1 Å². The van der Waals surface area contributed by atoms with Gasteiger partial charge < -0.3 is 0 Å². The topological polar surface area (TPSA) is 54.0 Å². The van der Waals surface area contributed by atoms with Gasteiger partial charge in [0.2, 0.25) is 0 Å². The summed E-state index contributed by atoms with van der Waals surface area (Å²) < 4.78 is 0. The van der Waals surface area contributed by atoms with E-state index in [9.17, 15) is 4.79 Å². The Balaban J connectivity index is 2.83. The van der Waals surface area contributed by atoms with Gasteiger partial charge in [-0.25, -0.2) is 19.6 Å². The lowest BCUT2D eigenvalue weighted by Crippen LogP contribution is -2.53. The summed E-state index contributed by atoms with van der Waals surface area (Å²) in [4.78, 5) is 34.4. The fourth-order valence-electron chi connectivity index (χ4n) is 2.57. The maximum atomic E-state index is 12.4. The summed E-state index contributed by atoms with van der Waals surface area (Å²) in [5.41, 5.74) is -1.19. The highest BCUT2D eigenvalue weighted by Crippen LogP contribution is 2.41. The van der Waals surface area contributed by atoms with Crippen molar-refractivity contribution >= 4 is 5.78 Å². The Bertz CT molecular complexity index is 389. The van der Waals surface area contributed by atoms with Crippen molar-refractivity contribution in [3.63, 3.8) is 0 Å². The molecule has 22 heavy (non-hydrogen) atoms. The predicted molar refractivity (Wildman–Crippen MR) is 84.0 cm³/mol. The maximum absolute atomic E-state index is 12.4. The molecule has 5 nitrogen and oxygen atoms in total. The van der Waals surface area contributed by atoms with Crippen molar-refractivity contribution in [1.82, 2.24) is 0 Å². The normalized spacial score (nSPS) is 29.7. The molecule has 1 rings (SSSR count). The van der Waals surface area contributed by atoms with Crippen LogP contribution in [0.5, 0.6) is 0 Å².